The van der Waals surface area contributed by atoms with Crippen molar-refractivity contribution in [2.45, 2.75) is 26.8 Å². The van der Waals surface area contributed by atoms with Gasteiger partial charge in [0.2, 0.25) is 0 Å². The molecule has 0 saturated carbocycles. The van der Waals surface area contributed by atoms with Crippen molar-refractivity contribution in [1.29, 1.82) is 10.5 Å². The summed E-state index contributed by atoms with van der Waals surface area (Å²) in [7, 11) is 1.77. The number of benzene rings is 2. The van der Waals surface area contributed by atoms with Crippen LogP contribution in [0.4, 0.5) is 15.8 Å². The molecule has 2 N–H and O–H groups in total. The van der Waals surface area contributed by atoms with Gasteiger partial charge in [-0.05, 0) is 35.2 Å². The Labute approximate surface area is 203 Å². The second-order valence-electron chi connectivity index (χ2n) is 9.55. The molecule has 0 radical (unpaired) electrons. The maximum absolute atomic E-state index is 13.6. The second kappa shape index (κ2) is 9.40. The van der Waals surface area contributed by atoms with Gasteiger partial charge in [-0.2, -0.15) is 10.5 Å². The van der Waals surface area contributed by atoms with E-state index in [0.29, 0.717) is 45.6 Å². The van der Waals surface area contributed by atoms with Gasteiger partial charge in [0.25, 0.3) is 0 Å². The zero-order valence-electron chi connectivity index (χ0n) is 20.0. The Kier molecular flexibility index (Phi) is 6.35. The molecule has 1 atom stereocenters. The van der Waals surface area contributed by atoms with Crippen LogP contribution < -0.4 is 10.6 Å². The minimum Gasteiger partial charge on any atom is -0.383 e. The summed E-state index contributed by atoms with van der Waals surface area (Å²) in [6, 6.07) is 13.7. The zero-order valence-corrected chi connectivity index (χ0v) is 20.0. The fourth-order valence-corrected chi connectivity index (χ4v) is 3.75. The van der Waals surface area contributed by atoms with Crippen molar-refractivity contribution in [2.24, 2.45) is 12.5 Å². The first-order valence-electron chi connectivity index (χ1n) is 11.1. The standard InChI is InChI=1S/C26H25FN8/c1-26(2,3)15-31-24-18(12-29)13-30-23-17(11-28)9-20(10-21(23)24)32-25(22-14-35(4)34-33-22)16-5-7-19(27)8-6-16/h5-10,13-14,25,32H,15H2,1-4H3,(H,30,31). The fraction of sp³-hybridized carbons (Fsp3) is 0.269. The van der Waals surface area contributed by atoms with E-state index in [1.54, 1.807) is 36.1 Å². The van der Waals surface area contributed by atoms with Gasteiger partial charge < -0.3 is 10.6 Å². The molecule has 176 valence electrons. The monoisotopic (exact) mass is 468 g/mol. The maximum Gasteiger partial charge on any atom is 0.123 e. The number of hydrogen-bond acceptors (Lipinski definition) is 7. The van der Waals surface area contributed by atoms with Crippen molar-refractivity contribution in [3.63, 3.8) is 0 Å². The van der Waals surface area contributed by atoms with E-state index in [2.05, 4.69) is 58.8 Å². The van der Waals surface area contributed by atoms with Crippen LogP contribution in [0.15, 0.2) is 48.8 Å². The fourth-order valence-electron chi connectivity index (χ4n) is 3.75. The van der Waals surface area contributed by atoms with E-state index in [9.17, 15) is 14.9 Å². The summed E-state index contributed by atoms with van der Waals surface area (Å²) in [6.45, 7) is 6.91. The second-order valence-corrected chi connectivity index (χ2v) is 9.55. The van der Waals surface area contributed by atoms with E-state index >= 15 is 0 Å². The van der Waals surface area contributed by atoms with Crippen LogP contribution in [-0.4, -0.2) is 26.5 Å². The van der Waals surface area contributed by atoms with Gasteiger partial charge in [0.05, 0.1) is 34.6 Å². The van der Waals surface area contributed by atoms with Crippen molar-refractivity contribution in [1.82, 2.24) is 20.0 Å². The van der Waals surface area contributed by atoms with Gasteiger partial charge in [-0.25, -0.2) is 4.39 Å². The van der Waals surface area contributed by atoms with Crippen molar-refractivity contribution in [3.05, 3.63) is 77.0 Å². The van der Waals surface area contributed by atoms with Gasteiger partial charge in [0.1, 0.15) is 23.6 Å². The molecular formula is C26H25FN8. The number of aryl methyl sites for hydroxylation is 1. The zero-order chi connectivity index (χ0) is 25.2. The van der Waals surface area contributed by atoms with Crippen LogP contribution in [0, 0.1) is 33.9 Å². The highest BCUT2D eigenvalue weighted by Gasteiger charge is 2.21. The first-order valence-corrected chi connectivity index (χ1v) is 11.1. The van der Waals surface area contributed by atoms with E-state index < -0.39 is 6.04 Å². The normalized spacial score (nSPS) is 12.1. The van der Waals surface area contributed by atoms with Crippen molar-refractivity contribution in [3.8, 4) is 12.1 Å². The predicted octanol–water partition coefficient (Wildman–Crippen LogP) is 4.91. The first-order chi connectivity index (χ1) is 16.7. The number of pyridine rings is 1. The van der Waals surface area contributed by atoms with Gasteiger partial charge in [-0.3, -0.25) is 9.67 Å². The number of nitrogens with zero attached hydrogens (tertiary/aromatic N) is 6. The first kappa shape index (κ1) is 23.7. The van der Waals surface area contributed by atoms with Gasteiger partial charge in [0, 0.05) is 30.9 Å². The van der Waals surface area contributed by atoms with Crippen LogP contribution in [0.3, 0.4) is 0 Å². The Bertz CT molecular complexity index is 1450. The summed E-state index contributed by atoms with van der Waals surface area (Å²) < 4.78 is 15.2. The Balaban J connectivity index is 1.85. The molecule has 9 heteroatoms. The number of anilines is 2. The molecule has 1 unspecified atom stereocenters. The number of hydrogen-bond donors (Lipinski definition) is 2. The van der Waals surface area contributed by atoms with E-state index in [0.717, 1.165) is 5.56 Å². The maximum atomic E-state index is 13.6. The lowest BCUT2D eigenvalue weighted by molar-refractivity contribution is 0.443. The summed E-state index contributed by atoms with van der Waals surface area (Å²) in [5.41, 5.74) is 3.90. The highest BCUT2D eigenvalue weighted by atomic mass is 19.1. The number of halogens is 1. The molecule has 4 rings (SSSR count). The number of aromatic nitrogens is 4. The molecule has 0 spiro atoms. The van der Waals surface area contributed by atoms with Crippen molar-refractivity contribution < 1.29 is 4.39 Å². The van der Waals surface area contributed by atoms with Crippen LogP contribution in [-0.2, 0) is 7.05 Å². The third-order valence-electron chi connectivity index (χ3n) is 5.44. The molecular weight excluding hydrogens is 443 g/mol. The molecule has 2 aromatic carbocycles. The van der Waals surface area contributed by atoms with Gasteiger partial charge in [-0.15, -0.1) is 5.10 Å². The summed E-state index contributed by atoms with van der Waals surface area (Å²) in [4.78, 5) is 4.40. The molecule has 0 aliphatic heterocycles. The number of fused-ring (bicyclic) bond motifs is 1. The van der Waals surface area contributed by atoms with E-state index in [1.807, 2.05) is 6.07 Å². The average Bonchev–Trinajstić information content (AvgIpc) is 3.26. The molecule has 8 nitrogen and oxygen atoms in total. The third kappa shape index (κ3) is 5.20. The Hall–Kier alpha value is -4.50. The third-order valence-corrected chi connectivity index (χ3v) is 5.44. The minimum atomic E-state index is -0.452. The number of rotatable bonds is 6. The lowest BCUT2D eigenvalue weighted by Gasteiger charge is -2.22. The molecule has 2 aromatic heterocycles. The molecule has 0 aliphatic rings. The highest BCUT2D eigenvalue weighted by molar-refractivity contribution is 5.99. The minimum absolute atomic E-state index is 0.0318. The van der Waals surface area contributed by atoms with E-state index in [4.69, 9.17) is 0 Å². The van der Waals surface area contributed by atoms with Gasteiger partial charge in [0.15, 0.2) is 0 Å². The molecule has 4 aromatic rings. The lowest BCUT2D eigenvalue weighted by Crippen LogP contribution is -2.20. The SMILES string of the molecule is Cn1cc(C(Nc2cc(C#N)c3ncc(C#N)c(NCC(C)(C)C)c3c2)c2ccc(F)cc2)nn1. The van der Waals surface area contributed by atoms with Crippen LogP contribution >= 0.6 is 0 Å². The van der Waals surface area contributed by atoms with Crippen LogP contribution in [0.1, 0.15) is 49.2 Å². The molecule has 0 aliphatic carbocycles. The summed E-state index contributed by atoms with van der Waals surface area (Å²) in [5, 5.41) is 35.3. The van der Waals surface area contributed by atoms with Crippen LogP contribution in [0.5, 0.6) is 0 Å². The molecule has 0 saturated heterocycles. The van der Waals surface area contributed by atoms with Crippen LogP contribution in [0.2, 0.25) is 0 Å². The summed E-state index contributed by atoms with van der Waals surface area (Å²) in [6.07, 6.45) is 3.26. The largest absolute Gasteiger partial charge is 0.383 e. The quantitative estimate of drug-likeness (QED) is 0.413. The van der Waals surface area contributed by atoms with E-state index in [1.165, 1.54) is 18.3 Å². The number of nitriles is 2. The smallest absolute Gasteiger partial charge is 0.123 e. The molecule has 0 fully saturated rings. The van der Waals surface area contributed by atoms with Crippen LogP contribution in [0.25, 0.3) is 10.9 Å². The Morgan fingerprint density at radius 1 is 1.09 bits per heavy atom. The molecule has 0 bridgehead atoms. The van der Waals surface area contributed by atoms with Gasteiger partial charge >= 0.3 is 0 Å². The molecule has 2 heterocycles. The van der Waals surface area contributed by atoms with Gasteiger partial charge in [-0.1, -0.05) is 38.1 Å². The van der Waals surface area contributed by atoms with Crippen molar-refractivity contribution >= 4 is 22.3 Å². The highest BCUT2D eigenvalue weighted by Crippen LogP contribution is 2.34. The molecule has 0 amide bonds. The predicted molar refractivity (Wildman–Crippen MR) is 132 cm³/mol. The van der Waals surface area contributed by atoms with E-state index in [-0.39, 0.29) is 11.2 Å². The average molecular weight is 469 g/mol. The lowest BCUT2D eigenvalue weighted by atomic mass is 9.96. The Morgan fingerprint density at radius 3 is 2.40 bits per heavy atom. The Morgan fingerprint density at radius 2 is 1.80 bits per heavy atom. The summed E-state index contributed by atoms with van der Waals surface area (Å²) >= 11 is 0. The summed E-state index contributed by atoms with van der Waals surface area (Å²) in [5.74, 6) is -0.339. The van der Waals surface area contributed by atoms with Crippen molar-refractivity contribution in [2.75, 3.05) is 17.2 Å². The topological polar surface area (TPSA) is 115 Å². The molecule has 35 heavy (non-hydrogen) atoms. The number of nitrogens with one attached hydrogen (secondary N) is 2.